The Labute approximate surface area is 135 Å². The van der Waals surface area contributed by atoms with Gasteiger partial charge in [0.25, 0.3) is 0 Å². The Kier molecular flexibility index (Phi) is 7.38. The van der Waals surface area contributed by atoms with E-state index in [0.29, 0.717) is 12.5 Å². The summed E-state index contributed by atoms with van der Waals surface area (Å²) in [4.78, 5) is 2.28. The molecule has 0 N–H and O–H groups in total. The van der Waals surface area contributed by atoms with Gasteiger partial charge in [0.1, 0.15) is 6.17 Å². The molecule has 1 aliphatic rings. The normalized spacial score (nSPS) is 20.4. The van der Waals surface area contributed by atoms with E-state index in [-0.39, 0.29) is 0 Å². The van der Waals surface area contributed by atoms with E-state index >= 15 is 0 Å². The molecule has 0 bridgehead atoms. The molecule has 0 aliphatic carbocycles. The third-order valence-corrected chi connectivity index (χ3v) is 4.71. The Morgan fingerprint density at radius 1 is 1.14 bits per heavy atom. The second-order valence-electron chi connectivity index (χ2n) is 7.08. The lowest BCUT2D eigenvalue weighted by molar-refractivity contribution is 0.257. The summed E-state index contributed by atoms with van der Waals surface area (Å²) in [6.45, 7) is 7.14. The average molecular weight is 305 g/mol. The molecule has 0 aromatic heterocycles. The van der Waals surface area contributed by atoms with Crippen LogP contribution in [0.3, 0.4) is 0 Å². The Balaban J connectivity index is 1.71. The molecule has 1 saturated heterocycles. The van der Waals surface area contributed by atoms with Crippen LogP contribution in [-0.4, -0.2) is 30.7 Å². The number of likely N-dealkylation sites (tertiary alicyclic amines) is 1. The highest BCUT2D eigenvalue weighted by atomic mass is 19.1. The number of alkyl halides is 1. The largest absolute Gasteiger partial charge is 0.300 e. The molecule has 2 heteroatoms. The molecule has 1 aliphatic heterocycles. The molecule has 124 valence electrons. The van der Waals surface area contributed by atoms with Crippen LogP contribution in [0.15, 0.2) is 24.3 Å². The van der Waals surface area contributed by atoms with Gasteiger partial charge in [0.2, 0.25) is 0 Å². The van der Waals surface area contributed by atoms with E-state index in [0.717, 1.165) is 25.9 Å². The number of hydrogen-bond donors (Lipinski definition) is 0. The highest BCUT2D eigenvalue weighted by Crippen LogP contribution is 2.17. The van der Waals surface area contributed by atoms with Gasteiger partial charge in [0, 0.05) is 19.6 Å². The van der Waals surface area contributed by atoms with E-state index in [4.69, 9.17) is 0 Å². The lowest BCUT2D eigenvalue weighted by Crippen LogP contribution is -2.27. The van der Waals surface area contributed by atoms with Gasteiger partial charge in [-0.1, -0.05) is 57.4 Å². The number of nitrogens with zero attached hydrogens (tertiary/aromatic N) is 1. The van der Waals surface area contributed by atoms with Crippen molar-refractivity contribution in [3.8, 4) is 0 Å². The number of benzene rings is 1. The van der Waals surface area contributed by atoms with Gasteiger partial charge in [0.05, 0.1) is 0 Å². The number of rotatable bonds is 9. The fourth-order valence-electron chi connectivity index (χ4n) is 3.46. The number of hydrogen-bond acceptors (Lipinski definition) is 1. The van der Waals surface area contributed by atoms with Crippen LogP contribution in [0.25, 0.3) is 0 Å². The van der Waals surface area contributed by atoms with Crippen LogP contribution >= 0.6 is 0 Å². The third kappa shape index (κ3) is 6.08. The average Bonchev–Trinajstić information content (AvgIpc) is 2.90. The van der Waals surface area contributed by atoms with E-state index in [2.05, 4.69) is 43.0 Å². The Hall–Kier alpha value is -0.890. The first-order valence-corrected chi connectivity index (χ1v) is 9.11. The summed E-state index contributed by atoms with van der Waals surface area (Å²) < 4.78 is 13.2. The quantitative estimate of drug-likeness (QED) is 0.578. The molecule has 0 spiro atoms. The van der Waals surface area contributed by atoms with Crippen LogP contribution in [0.4, 0.5) is 4.39 Å². The summed E-state index contributed by atoms with van der Waals surface area (Å²) in [6.07, 6.45) is 7.75. The first-order valence-electron chi connectivity index (χ1n) is 9.11. The Morgan fingerprint density at radius 3 is 2.50 bits per heavy atom. The van der Waals surface area contributed by atoms with E-state index in [1.807, 2.05) is 0 Å². The molecular weight excluding hydrogens is 273 g/mol. The molecule has 22 heavy (non-hydrogen) atoms. The van der Waals surface area contributed by atoms with Crippen molar-refractivity contribution in [3.63, 3.8) is 0 Å². The fraction of sp³-hybridized carbons (Fsp3) is 0.700. The highest BCUT2D eigenvalue weighted by Gasteiger charge is 2.22. The van der Waals surface area contributed by atoms with Crippen molar-refractivity contribution < 1.29 is 4.39 Å². The standard InChI is InChI=1S/C20H32FN/c1-3-4-5-6-7-18-8-10-19(11-9-18)14-17(2)15-22-13-12-20(21)16-22/h8-11,17,20H,3-7,12-16H2,1-2H3. The van der Waals surface area contributed by atoms with Crippen LogP contribution in [0.2, 0.25) is 0 Å². The van der Waals surface area contributed by atoms with Crippen molar-refractivity contribution in [1.29, 1.82) is 0 Å². The monoisotopic (exact) mass is 305 g/mol. The molecule has 2 atom stereocenters. The highest BCUT2D eigenvalue weighted by molar-refractivity contribution is 5.23. The van der Waals surface area contributed by atoms with Crippen molar-refractivity contribution in [2.75, 3.05) is 19.6 Å². The molecule has 1 nitrogen and oxygen atoms in total. The lowest BCUT2D eigenvalue weighted by Gasteiger charge is -2.20. The minimum atomic E-state index is -0.598. The number of unbranched alkanes of at least 4 members (excludes halogenated alkanes) is 3. The third-order valence-electron chi connectivity index (χ3n) is 4.71. The van der Waals surface area contributed by atoms with Crippen LogP contribution in [0.1, 0.15) is 57.1 Å². The van der Waals surface area contributed by atoms with Crippen LogP contribution in [0, 0.1) is 5.92 Å². The van der Waals surface area contributed by atoms with Gasteiger partial charge in [-0.25, -0.2) is 4.39 Å². The van der Waals surface area contributed by atoms with E-state index < -0.39 is 6.17 Å². The van der Waals surface area contributed by atoms with Crippen molar-refractivity contribution >= 4 is 0 Å². The van der Waals surface area contributed by atoms with Gasteiger partial charge in [-0.2, -0.15) is 0 Å². The summed E-state index contributed by atoms with van der Waals surface area (Å²) >= 11 is 0. The number of halogens is 1. The zero-order valence-electron chi connectivity index (χ0n) is 14.4. The minimum Gasteiger partial charge on any atom is -0.300 e. The van der Waals surface area contributed by atoms with E-state index in [1.54, 1.807) is 0 Å². The van der Waals surface area contributed by atoms with Crippen molar-refractivity contribution in [2.24, 2.45) is 5.92 Å². The van der Waals surface area contributed by atoms with Gasteiger partial charge in [0.15, 0.2) is 0 Å². The molecule has 1 heterocycles. The van der Waals surface area contributed by atoms with Crippen LogP contribution in [0.5, 0.6) is 0 Å². The van der Waals surface area contributed by atoms with Gasteiger partial charge >= 0.3 is 0 Å². The molecule has 1 aromatic carbocycles. The first-order chi connectivity index (χ1) is 10.7. The van der Waals surface area contributed by atoms with E-state index in [9.17, 15) is 4.39 Å². The SMILES string of the molecule is CCCCCCc1ccc(CC(C)CN2CCC(F)C2)cc1. The molecule has 0 amide bonds. The molecule has 2 unspecified atom stereocenters. The minimum absolute atomic E-state index is 0.598. The Morgan fingerprint density at radius 2 is 1.86 bits per heavy atom. The van der Waals surface area contributed by atoms with Gasteiger partial charge < -0.3 is 4.90 Å². The first kappa shape index (κ1) is 17.5. The maximum Gasteiger partial charge on any atom is 0.114 e. The summed E-state index contributed by atoms with van der Waals surface area (Å²) in [5.74, 6) is 0.598. The van der Waals surface area contributed by atoms with Crippen molar-refractivity contribution in [2.45, 2.75) is 65.0 Å². The van der Waals surface area contributed by atoms with E-state index in [1.165, 1.54) is 43.2 Å². The van der Waals surface area contributed by atoms with Crippen LogP contribution < -0.4 is 0 Å². The Bertz CT molecular complexity index is 414. The maximum atomic E-state index is 13.2. The van der Waals surface area contributed by atoms with Crippen molar-refractivity contribution in [1.82, 2.24) is 4.90 Å². The van der Waals surface area contributed by atoms with Gasteiger partial charge in [-0.15, -0.1) is 0 Å². The summed E-state index contributed by atoms with van der Waals surface area (Å²) in [6, 6.07) is 9.16. The molecule has 1 fully saturated rings. The summed E-state index contributed by atoms with van der Waals surface area (Å²) in [7, 11) is 0. The second kappa shape index (κ2) is 9.29. The predicted molar refractivity (Wildman–Crippen MR) is 93.1 cm³/mol. The smallest absolute Gasteiger partial charge is 0.114 e. The fourth-order valence-corrected chi connectivity index (χ4v) is 3.46. The molecule has 1 aromatic rings. The summed E-state index contributed by atoms with van der Waals surface area (Å²) in [5.41, 5.74) is 2.88. The lowest BCUT2D eigenvalue weighted by atomic mass is 9.98. The summed E-state index contributed by atoms with van der Waals surface area (Å²) in [5, 5.41) is 0. The molecule has 0 saturated carbocycles. The second-order valence-corrected chi connectivity index (χ2v) is 7.08. The molecule has 2 rings (SSSR count). The molecular formula is C20H32FN. The van der Waals surface area contributed by atoms with Gasteiger partial charge in [-0.05, 0) is 42.7 Å². The zero-order chi connectivity index (χ0) is 15.8. The zero-order valence-corrected chi connectivity index (χ0v) is 14.4. The van der Waals surface area contributed by atoms with Gasteiger partial charge in [-0.3, -0.25) is 0 Å². The topological polar surface area (TPSA) is 3.24 Å². The number of aryl methyl sites for hydroxylation is 1. The predicted octanol–water partition coefficient (Wildman–Crippen LogP) is 5.03. The van der Waals surface area contributed by atoms with Crippen LogP contribution in [-0.2, 0) is 12.8 Å². The maximum absolute atomic E-state index is 13.2. The molecule has 0 radical (unpaired) electrons. The van der Waals surface area contributed by atoms with Crippen molar-refractivity contribution in [3.05, 3.63) is 35.4 Å².